The maximum atomic E-state index is 11.2. The molecule has 2 rings (SSSR count). The third kappa shape index (κ3) is 1.53. The van der Waals surface area contributed by atoms with E-state index >= 15 is 0 Å². The zero-order valence-electron chi connectivity index (χ0n) is 6.80. The molecule has 0 saturated carbocycles. The number of hydrogen-bond acceptors (Lipinski definition) is 1. The van der Waals surface area contributed by atoms with Crippen molar-refractivity contribution in [3.05, 3.63) is 23.3 Å². The lowest BCUT2D eigenvalue weighted by Gasteiger charge is -2.20. The van der Waals surface area contributed by atoms with Gasteiger partial charge in [-0.15, -0.1) is 12.4 Å². The fraction of sp³-hybridized carbons (Fsp3) is 0.444. The molecule has 0 aromatic heterocycles. The number of rotatable bonds is 0. The molecule has 0 fully saturated rings. The molecule has 0 spiro atoms. The molecule has 0 aromatic carbocycles. The van der Waals surface area contributed by atoms with Crippen molar-refractivity contribution in [2.75, 3.05) is 6.54 Å². The van der Waals surface area contributed by atoms with Gasteiger partial charge in [-0.25, -0.2) is 0 Å². The van der Waals surface area contributed by atoms with Crippen molar-refractivity contribution < 1.29 is 4.79 Å². The van der Waals surface area contributed by atoms with Crippen LogP contribution in [-0.4, -0.2) is 12.5 Å². The van der Waals surface area contributed by atoms with Gasteiger partial charge in [0.2, 0.25) is 0 Å². The van der Waals surface area contributed by atoms with Crippen LogP contribution in [0.3, 0.4) is 0 Å². The molecular weight excluding hydrogens is 174 g/mol. The Kier molecular flexibility index (Phi) is 2.93. The predicted molar refractivity (Wildman–Crippen MR) is 50.3 cm³/mol. The lowest BCUT2D eigenvalue weighted by molar-refractivity contribution is -0.117. The summed E-state index contributed by atoms with van der Waals surface area (Å²) in [7, 11) is 0. The smallest absolute Gasteiger partial charge is 0.251 e. The van der Waals surface area contributed by atoms with E-state index in [9.17, 15) is 4.79 Å². The summed E-state index contributed by atoms with van der Waals surface area (Å²) in [6.07, 6.45) is 7.26. The minimum absolute atomic E-state index is 0. The Bertz CT molecular complexity index is 255. The van der Waals surface area contributed by atoms with Crippen molar-refractivity contribution in [1.29, 1.82) is 0 Å². The van der Waals surface area contributed by atoms with E-state index in [-0.39, 0.29) is 18.3 Å². The fourth-order valence-electron chi connectivity index (χ4n) is 1.63. The van der Waals surface area contributed by atoms with Crippen molar-refractivity contribution in [1.82, 2.24) is 5.32 Å². The molecule has 2 nitrogen and oxygen atoms in total. The van der Waals surface area contributed by atoms with Gasteiger partial charge in [-0.2, -0.15) is 0 Å². The summed E-state index contributed by atoms with van der Waals surface area (Å²) in [5.41, 5.74) is 2.26. The molecule has 1 aliphatic carbocycles. The molecule has 0 aromatic rings. The second-order valence-corrected chi connectivity index (χ2v) is 2.96. The van der Waals surface area contributed by atoms with Crippen LogP contribution < -0.4 is 5.32 Å². The molecule has 1 heterocycles. The highest BCUT2D eigenvalue weighted by Crippen LogP contribution is 2.23. The number of amides is 1. The second kappa shape index (κ2) is 3.76. The van der Waals surface area contributed by atoms with Gasteiger partial charge in [0.05, 0.1) is 0 Å². The van der Waals surface area contributed by atoms with E-state index in [0.717, 1.165) is 31.4 Å². The van der Waals surface area contributed by atoms with Crippen LogP contribution in [-0.2, 0) is 4.79 Å². The van der Waals surface area contributed by atoms with Gasteiger partial charge in [-0.05, 0) is 19.3 Å². The summed E-state index contributed by atoms with van der Waals surface area (Å²) in [5, 5.41) is 2.83. The highest BCUT2D eigenvalue weighted by atomic mass is 35.5. The zero-order chi connectivity index (χ0) is 7.68. The maximum Gasteiger partial charge on any atom is 0.251 e. The van der Waals surface area contributed by atoms with Gasteiger partial charge in [0.15, 0.2) is 0 Å². The first-order chi connectivity index (χ1) is 5.38. The second-order valence-electron chi connectivity index (χ2n) is 2.96. The lowest BCUT2D eigenvalue weighted by Crippen LogP contribution is -2.31. The van der Waals surface area contributed by atoms with Gasteiger partial charge in [-0.1, -0.05) is 17.7 Å². The molecule has 3 heteroatoms. The van der Waals surface area contributed by atoms with Gasteiger partial charge < -0.3 is 5.32 Å². The molecule has 1 aliphatic heterocycles. The van der Waals surface area contributed by atoms with Crippen LogP contribution in [0.1, 0.15) is 19.3 Å². The maximum absolute atomic E-state index is 11.2. The van der Waals surface area contributed by atoms with Crippen molar-refractivity contribution in [3.63, 3.8) is 0 Å². The van der Waals surface area contributed by atoms with E-state index in [0.29, 0.717) is 0 Å². The number of halogens is 1. The lowest BCUT2D eigenvalue weighted by atomic mass is 9.92. The Labute approximate surface area is 78.1 Å². The van der Waals surface area contributed by atoms with E-state index in [1.807, 2.05) is 6.08 Å². The summed E-state index contributed by atoms with van der Waals surface area (Å²) in [6.45, 7) is 0.825. The summed E-state index contributed by atoms with van der Waals surface area (Å²) < 4.78 is 0. The Hall–Kier alpha value is -0.760. The minimum Gasteiger partial charge on any atom is -0.352 e. The van der Waals surface area contributed by atoms with E-state index < -0.39 is 0 Å². The van der Waals surface area contributed by atoms with Crippen LogP contribution >= 0.6 is 12.4 Å². The molecule has 66 valence electrons. The van der Waals surface area contributed by atoms with Gasteiger partial charge in [0, 0.05) is 12.1 Å². The molecule has 1 N–H and O–H groups in total. The first-order valence-corrected chi connectivity index (χ1v) is 4.05. The Morgan fingerprint density at radius 2 is 2.17 bits per heavy atom. The molecule has 0 atom stereocenters. The van der Waals surface area contributed by atoms with Gasteiger partial charge in [0.1, 0.15) is 0 Å². The molecular formula is C9H12ClNO. The first kappa shape index (κ1) is 9.33. The summed E-state index contributed by atoms with van der Waals surface area (Å²) in [6, 6.07) is 0. The first-order valence-electron chi connectivity index (χ1n) is 4.05. The Morgan fingerprint density at radius 1 is 1.33 bits per heavy atom. The summed E-state index contributed by atoms with van der Waals surface area (Å²) >= 11 is 0. The molecule has 2 aliphatic rings. The molecule has 0 unspecified atom stereocenters. The number of hydrogen-bond donors (Lipinski definition) is 1. The minimum atomic E-state index is 0. The van der Waals surface area contributed by atoms with Crippen molar-refractivity contribution >= 4 is 18.3 Å². The van der Waals surface area contributed by atoms with Crippen LogP contribution in [0.15, 0.2) is 23.3 Å². The van der Waals surface area contributed by atoms with E-state index in [2.05, 4.69) is 11.4 Å². The van der Waals surface area contributed by atoms with Gasteiger partial charge in [0.25, 0.3) is 5.91 Å². The summed E-state index contributed by atoms with van der Waals surface area (Å²) in [5.74, 6) is 0.113. The molecule has 12 heavy (non-hydrogen) atoms. The molecule has 0 saturated heterocycles. The molecule has 0 radical (unpaired) electrons. The van der Waals surface area contributed by atoms with Gasteiger partial charge >= 0.3 is 0 Å². The zero-order valence-corrected chi connectivity index (χ0v) is 7.62. The number of carbonyl (C=O) groups is 1. The number of nitrogens with one attached hydrogen (secondary N) is 1. The van der Waals surface area contributed by atoms with E-state index in [1.165, 1.54) is 5.57 Å². The predicted octanol–water partition coefficient (Wildman–Crippen LogP) is 1.57. The highest BCUT2D eigenvalue weighted by Gasteiger charge is 2.18. The van der Waals surface area contributed by atoms with E-state index in [1.54, 1.807) is 0 Å². The SMILES string of the molecule is Cl.O=C1NCCC2=C1C=CCC2. The molecule has 1 amide bonds. The normalized spacial score (nSPS) is 21.2. The number of carbonyl (C=O) groups excluding carboxylic acids is 1. The van der Waals surface area contributed by atoms with Gasteiger partial charge in [-0.3, -0.25) is 4.79 Å². The monoisotopic (exact) mass is 185 g/mol. The third-order valence-electron chi connectivity index (χ3n) is 2.24. The van der Waals surface area contributed by atoms with Crippen LogP contribution in [0.5, 0.6) is 0 Å². The van der Waals surface area contributed by atoms with Crippen molar-refractivity contribution in [2.24, 2.45) is 0 Å². The molecule has 0 bridgehead atoms. The van der Waals surface area contributed by atoms with Crippen LogP contribution in [0.4, 0.5) is 0 Å². The van der Waals surface area contributed by atoms with Crippen LogP contribution in [0, 0.1) is 0 Å². The largest absolute Gasteiger partial charge is 0.352 e. The van der Waals surface area contributed by atoms with Crippen LogP contribution in [0.2, 0.25) is 0 Å². The average Bonchev–Trinajstić information content (AvgIpc) is 2.06. The van der Waals surface area contributed by atoms with Crippen LogP contribution in [0.25, 0.3) is 0 Å². The van der Waals surface area contributed by atoms with E-state index in [4.69, 9.17) is 0 Å². The van der Waals surface area contributed by atoms with Crippen molar-refractivity contribution in [2.45, 2.75) is 19.3 Å². The Morgan fingerprint density at radius 3 is 2.92 bits per heavy atom. The van der Waals surface area contributed by atoms with Crippen molar-refractivity contribution in [3.8, 4) is 0 Å². The topological polar surface area (TPSA) is 29.1 Å². The summed E-state index contributed by atoms with van der Waals surface area (Å²) in [4.78, 5) is 11.2. The standard InChI is InChI=1S/C9H11NO.ClH/c11-9-8-4-2-1-3-7(8)5-6-10-9;/h2,4H,1,3,5-6H2,(H,10,11);1H. The third-order valence-corrected chi connectivity index (χ3v) is 2.24. The Balaban J connectivity index is 0.000000720. The average molecular weight is 186 g/mol. The highest BCUT2D eigenvalue weighted by molar-refractivity contribution is 5.98. The number of allylic oxidation sites excluding steroid dienone is 1. The quantitative estimate of drug-likeness (QED) is 0.610. The fourth-order valence-corrected chi connectivity index (χ4v) is 1.63.